The van der Waals surface area contributed by atoms with E-state index in [1.54, 1.807) is 0 Å². The van der Waals surface area contributed by atoms with Gasteiger partial charge in [0, 0.05) is 5.41 Å². The zero-order chi connectivity index (χ0) is 15.2. The molecule has 2 fully saturated rings. The van der Waals surface area contributed by atoms with Crippen molar-refractivity contribution in [1.82, 2.24) is 0 Å². The van der Waals surface area contributed by atoms with Gasteiger partial charge in [0.05, 0.1) is 5.41 Å². The van der Waals surface area contributed by atoms with Gasteiger partial charge in [0.1, 0.15) is 5.60 Å². The molecule has 0 radical (unpaired) electrons. The fraction of sp³-hybridized carbons (Fsp3) is 0.944. The maximum absolute atomic E-state index is 12.5. The molecule has 2 aliphatic carbocycles. The van der Waals surface area contributed by atoms with Crippen LogP contribution in [0.25, 0.3) is 0 Å². The second kappa shape index (κ2) is 4.74. The molecule has 0 N–H and O–H groups in total. The Labute approximate surface area is 124 Å². The van der Waals surface area contributed by atoms with Crippen LogP contribution in [0.3, 0.4) is 0 Å². The smallest absolute Gasteiger partial charge is 0.312 e. The lowest BCUT2D eigenvalue weighted by molar-refractivity contribution is -0.178. The van der Waals surface area contributed by atoms with Gasteiger partial charge in [-0.3, -0.25) is 4.79 Å². The molecular weight excluding hydrogens is 248 g/mol. The van der Waals surface area contributed by atoms with E-state index in [-0.39, 0.29) is 22.4 Å². The average molecular weight is 280 g/mol. The highest BCUT2D eigenvalue weighted by molar-refractivity contribution is 5.76. The van der Waals surface area contributed by atoms with Crippen molar-refractivity contribution in [2.45, 2.75) is 92.1 Å². The van der Waals surface area contributed by atoms with Gasteiger partial charge in [-0.05, 0) is 58.3 Å². The number of esters is 1. The van der Waals surface area contributed by atoms with Crippen molar-refractivity contribution in [1.29, 1.82) is 0 Å². The Kier molecular flexibility index (Phi) is 3.76. The summed E-state index contributed by atoms with van der Waals surface area (Å²) in [6, 6.07) is 0. The van der Waals surface area contributed by atoms with Crippen LogP contribution in [0.4, 0.5) is 0 Å². The Bertz CT molecular complexity index is 388. The molecule has 0 heterocycles. The fourth-order valence-corrected chi connectivity index (χ4v) is 4.28. The number of ether oxygens (including phenoxy) is 1. The summed E-state index contributed by atoms with van der Waals surface area (Å²) >= 11 is 0. The largest absolute Gasteiger partial charge is 0.458 e. The van der Waals surface area contributed by atoms with Gasteiger partial charge in [0.2, 0.25) is 0 Å². The van der Waals surface area contributed by atoms with Crippen molar-refractivity contribution in [3.63, 3.8) is 0 Å². The highest BCUT2D eigenvalue weighted by Gasteiger charge is 2.59. The molecule has 1 unspecified atom stereocenters. The SMILES string of the molecule is CCC(C)(C)C(=O)OC1(C)CC2(CCCC2)CC1(C)C. The molecular formula is C18H32O2. The third-order valence-electron chi connectivity index (χ3n) is 6.38. The van der Waals surface area contributed by atoms with Crippen LogP contribution in [0.2, 0.25) is 0 Å². The number of carbonyl (C=O) groups excluding carboxylic acids is 1. The molecule has 0 saturated heterocycles. The summed E-state index contributed by atoms with van der Waals surface area (Å²) in [6.07, 6.45) is 8.42. The third kappa shape index (κ3) is 2.51. The second-order valence-electron chi connectivity index (χ2n) is 8.80. The average Bonchev–Trinajstić information content (AvgIpc) is 2.82. The summed E-state index contributed by atoms with van der Waals surface area (Å²) in [5, 5.41) is 0. The van der Waals surface area contributed by atoms with Crippen molar-refractivity contribution in [3.8, 4) is 0 Å². The van der Waals surface area contributed by atoms with E-state index in [0.29, 0.717) is 5.41 Å². The molecule has 1 spiro atoms. The van der Waals surface area contributed by atoms with Crippen molar-refractivity contribution in [2.24, 2.45) is 16.2 Å². The van der Waals surface area contributed by atoms with Crippen LogP contribution < -0.4 is 0 Å². The Hall–Kier alpha value is -0.530. The Morgan fingerprint density at radius 3 is 2.15 bits per heavy atom. The van der Waals surface area contributed by atoms with Crippen LogP contribution >= 0.6 is 0 Å². The topological polar surface area (TPSA) is 26.3 Å². The highest BCUT2D eigenvalue weighted by atomic mass is 16.6. The lowest BCUT2D eigenvalue weighted by Gasteiger charge is -2.39. The molecule has 0 amide bonds. The fourth-order valence-electron chi connectivity index (χ4n) is 4.28. The molecule has 2 saturated carbocycles. The minimum Gasteiger partial charge on any atom is -0.458 e. The first-order chi connectivity index (χ1) is 9.06. The zero-order valence-electron chi connectivity index (χ0n) is 14.3. The van der Waals surface area contributed by atoms with Gasteiger partial charge >= 0.3 is 5.97 Å². The molecule has 0 aliphatic heterocycles. The molecule has 2 rings (SSSR count). The van der Waals surface area contributed by atoms with Crippen molar-refractivity contribution >= 4 is 5.97 Å². The molecule has 2 heteroatoms. The first-order valence-corrected chi connectivity index (χ1v) is 8.29. The van der Waals surface area contributed by atoms with Gasteiger partial charge in [-0.2, -0.15) is 0 Å². The Morgan fingerprint density at radius 1 is 1.10 bits per heavy atom. The van der Waals surface area contributed by atoms with Crippen LogP contribution in [0, 0.1) is 16.2 Å². The van der Waals surface area contributed by atoms with Gasteiger partial charge in [0.25, 0.3) is 0 Å². The summed E-state index contributed by atoms with van der Waals surface area (Å²) < 4.78 is 6.12. The van der Waals surface area contributed by atoms with E-state index in [9.17, 15) is 4.79 Å². The Morgan fingerprint density at radius 2 is 1.65 bits per heavy atom. The zero-order valence-corrected chi connectivity index (χ0v) is 14.3. The maximum Gasteiger partial charge on any atom is 0.312 e. The highest BCUT2D eigenvalue weighted by Crippen LogP contribution is 2.63. The summed E-state index contributed by atoms with van der Waals surface area (Å²) in [7, 11) is 0. The summed E-state index contributed by atoms with van der Waals surface area (Å²) in [5.74, 6) is -0.0226. The van der Waals surface area contributed by atoms with Crippen LogP contribution in [0.5, 0.6) is 0 Å². The number of hydrogen-bond acceptors (Lipinski definition) is 2. The van der Waals surface area contributed by atoms with Crippen LogP contribution in [0.15, 0.2) is 0 Å². The first kappa shape index (κ1) is 15.9. The van der Waals surface area contributed by atoms with Crippen molar-refractivity contribution in [3.05, 3.63) is 0 Å². The Balaban J connectivity index is 2.19. The third-order valence-corrected chi connectivity index (χ3v) is 6.38. The van der Waals surface area contributed by atoms with E-state index in [1.165, 1.54) is 32.1 Å². The maximum atomic E-state index is 12.5. The van der Waals surface area contributed by atoms with Gasteiger partial charge in [-0.15, -0.1) is 0 Å². The minimum absolute atomic E-state index is 0.0226. The van der Waals surface area contributed by atoms with Gasteiger partial charge < -0.3 is 4.74 Å². The quantitative estimate of drug-likeness (QED) is 0.672. The summed E-state index contributed by atoms with van der Waals surface area (Å²) in [6.45, 7) is 12.8. The van der Waals surface area contributed by atoms with Gasteiger partial charge in [-0.1, -0.05) is 33.6 Å². The van der Waals surface area contributed by atoms with E-state index in [0.717, 1.165) is 12.8 Å². The molecule has 2 nitrogen and oxygen atoms in total. The van der Waals surface area contributed by atoms with E-state index in [1.807, 2.05) is 13.8 Å². The van der Waals surface area contributed by atoms with E-state index in [4.69, 9.17) is 4.74 Å². The lowest BCUT2D eigenvalue weighted by atomic mass is 9.78. The molecule has 20 heavy (non-hydrogen) atoms. The van der Waals surface area contributed by atoms with Gasteiger partial charge in [0.15, 0.2) is 0 Å². The minimum atomic E-state index is -0.371. The summed E-state index contributed by atoms with van der Waals surface area (Å²) in [4.78, 5) is 12.5. The molecule has 116 valence electrons. The molecule has 2 aliphatic rings. The molecule has 0 aromatic rings. The first-order valence-electron chi connectivity index (χ1n) is 8.29. The number of rotatable bonds is 3. The van der Waals surface area contributed by atoms with Crippen molar-refractivity contribution < 1.29 is 9.53 Å². The van der Waals surface area contributed by atoms with E-state index in [2.05, 4.69) is 27.7 Å². The van der Waals surface area contributed by atoms with Gasteiger partial charge in [-0.25, -0.2) is 0 Å². The molecule has 0 bridgehead atoms. The van der Waals surface area contributed by atoms with Crippen LogP contribution in [-0.2, 0) is 9.53 Å². The van der Waals surface area contributed by atoms with Crippen LogP contribution in [-0.4, -0.2) is 11.6 Å². The molecule has 0 aromatic carbocycles. The summed E-state index contributed by atoms with van der Waals surface area (Å²) in [5.41, 5.74) is -0.156. The predicted octanol–water partition coefficient (Wildman–Crippen LogP) is 5.10. The number of hydrogen-bond donors (Lipinski definition) is 0. The molecule has 1 atom stereocenters. The number of carbonyl (C=O) groups is 1. The monoisotopic (exact) mass is 280 g/mol. The normalized spacial score (nSPS) is 31.7. The van der Waals surface area contributed by atoms with E-state index < -0.39 is 0 Å². The standard InChI is InChI=1S/C18H32O2/c1-7-15(2,3)14(19)20-17(6)13-18(10-8-9-11-18)12-16(17,4)5/h7-13H2,1-6H3. The predicted molar refractivity (Wildman–Crippen MR) is 82.5 cm³/mol. The lowest BCUT2D eigenvalue weighted by Crippen LogP contribution is -2.44. The van der Waals surface area contributed by atoms with Crippen molar-refractivity contribution in [2.75, 3.05) is 0 Å². The van der Waals surface area contributed by atoms with E-state index >= 15 is 0 Å². The van der Waals surface area contributed by atoms with Crippen LogP contribution in [0.1, 0.15) is 86.5 Å². The molecule has 0 aromatic heterocycles. The second-order valence-corrected chi connectivity index (χ2v) is 8.80.